The largest absolute Gasteiger partial charge is 0.416 e. The molecule has 1 fully saturated rings. The van der Waals surface area contributed by atoms with Crippen LogP contribution in [0.2, 0.25) is 0 Å². The molecular weight excluding hydrogens is 401 g/mol. The van der Waals surface area contributed by atoms with Crippen molar-refractivity contribution in [3.05, 3.63) is 53.4 Å². The van der Waals surface area contributed by atoms with Crippen LogP contribution in [0.15, 0.2) is 36.5 Å². The summed E-state index contributed by atoms with van der Waals surface area (Å²) in [5, 5.41) is 10.3. The molecule has 2 heterocycles. The van der Waals surface area contributed by atoms with Crippen molar-refractivity contribution < 1.29 is 27.4 Å². The zero-order chi connectivity index (χ0) is 21.7. The third-order valence-electron chi connectivity index (χ3n) is 4.59. The Hall–Kier alpha value is -2.72. The van der Waals surface area contributed by atoms with Gasteiger partial charge < -0.3 is 14.8 Å². The van der Waals surface area contributed by atoms with Crippen molar-refractivity contribution in [1.29, 1.82) is 0 Å². The normalized spacial score (nSPS) is 17.0. The molecule has 0 bridgehead atoms. The number of carbonyl (C=O) groups is 1. The number of carbonyl (C=O) groups excluding carboxylic acids is 1. The maximum Gasteiger partial charge on any atom is 0.416 e. The Morgan fingerprint density at radius 2 is 2.20 bits per heavy atom. The number of ether oxygens (including phenoxy) is 2. The summed E-state index contributed by atoms with van der Waals surface area (Å²) < 4.78 is 53.0. The summed E-state index contributed by atoms with van der Waals surface area (Å²) >= 11 is 0. The average Bonchev–Trinajstić information content (AvgIpc) is 3.19. The van der Waals surface area contributed by atoms with Crippen LogP contribution in [-0.4, -0.2) is 33.8 Å². The monoisotopic (exact) mass is 424 g/mol. The topological polar surface area (TPSA) is 78.3 Å². The molecule has 1 saturated heterocycles. The highest BCUT2D eigenvalue weighted by molar-refractivity contribution is 5.92. The highest BCUT2D eigenvalue weighted by Gasteiger charge is 2.34. The van der Waals surface area contributed by atoms with Gasteiger partial charge in [-0.1, -0.05) is 17.9 Å². The standard InChI is InChI=1S/C20H23F3N4O3/c1-13(2)19(28)24-10-14-6-7-16(9-17(14)20(21,22)23)27-11-15(25-26-27)12-30-18-5-3-4-8-29-18/h6-7,9,11,18H,1,3-5,8,10,12H2,2H3,(H,24,28). The van der Waals surface area contributed by atoms with E-state index >= 15 is 0 Å². The first-order valence-corrected chi connectivity index (χ1v) is 9.52. The maximum absolute atomic E-state index is 13.5. The first kappa shape index (κ1) is 22.0. The van der Waals surface area contributed by atoms with Gasteiger partial charge in [-0.2, -0.15) is 13.2 Å². The summed E-state index contributed by atoms with van der Waals surface area (Å²) in [4.78, 5) is 11.6. The molecule has 0 aliphatic carbocycles. The number of hydrogen-bond acceptors (Lipinski definition) is 5. The van der Waals surface area contributed by atoms with Crippen molar-refractivity contribution in [3.8, 4) is 5.69 Å². The number of nitrogens with zero attached hydrogens (tertiary/aromatic N) is 3. The van der Waals surface area contributed by atoms with E-state index in [0.29, 0.717) is 12.3 Å². The van der Waals surface area contributed by atoms with Crippen LogP contribution >= 0.6 is 0 Å². The molecule has 1 aromatic heterocycles. The lowest BCUT2D eigenvalue weighted by molar-refractivity contribution is -0.169. The molecule has 1 atom stereocenters. The fourth-order valence-electron chi connectivity index (χ4n) is 2.96. The van der Waals surface area contributed by atoms with Crippen LogP contribution in [0.4, 0.5) is 13.2 Å². The van der Waals surface area contributed by atoms with E-state index in [1.807, 2.05) is 0 Å². The summed E-state index contributed by atoms with van der Waals surface area (Å²) in [6.07, 6.45) is -0.548. The molecule has 0 radical (unpaired) electrons. The second-order valence-electron chi connectivity index (χ2n) is 7.06. The number of benzene rings is 1. The lowest BCUT2D eigenvalue weighted by Crippen LogP contribution is -2.25. The van der Waals surface area contributed by atoms with Gasteiger partial charge in [-0.15, -0.1) is 5.10 Å². The van der Waals surface area contributed by atoms with Crippen LogP contribution in [0.1, 0.15) is 43.0 Å². The van der Waals surface area contributed by atoms with E-state index in [9.17, 15) is 18.0 Å². The minimum atomic E-state index is -4.59. The lowest BCUT2D eigenvalue weighted by Gasteiger charge is -2.22. The summed E-state index contributed by atoms with van der Waals surface area (Å²) in [5.41, 5.74) is -0.0124. The van der Waals surface area contributed by atoms with Gasteiger partial charge in [-0.3, -0.25) is 4.79 Å². The molecule has 30 heavy (non-hydrogen) atoms. The van der Waals surface area contributed by atoms with Crippen molar-refractivity contribution in [2.75, 3.05) is 6.61 Å². The molecule has 1 amide bonds. The molecule has 0 saturated carbocycles. The smallest absolute Gasteiger partial charge is 0.353 e. The summed E-state index contributed by atoms with van der Waals surface area (Å²) in [6.45, 7) is 5.49. The fourth-order valence-corrected chi connectivity index (χ4v) is 2.96. The Labute approximate surface area is 171 Å². The zero-order valence-electron chi connectivity index (χ0n) is 16.5. The number of hydrogen-bond donors (Lipinski definition) is 1. The summed E-state index contributed by atoms with van der Waals surface area (Å²) in [6, 6.07) is 3.78. The van der Waals surface area contributed by atoms with Gasteiger partial charge in [-0.25, -0.2) is 4.68 Å². The minimum Gasteiger partial charge on any atom is -0.353 e. The highest BCUT2D eigenvalue weighted by atomic mass is 19.4. The molecule has 3 rings (SSSR count). The molecule has 162 valence electrons. The number of halogens is 3. The molecule has 1 aliphatic rings. The van der Waals surface area contributed by atoms with Crippen LogP contribution in [0.25, 0.3) is 5.69 Å². The number of nitrogens with one attached hydrogen (secondary N) is 1. The number of alkyl halides is 3. The van der Waals surface area contributed by atoms with Crippen molar-refractivity contribution in [2.24, 2.45) is 0 Å². The van der Waals surface area contributed by atoms with Gasteiger partial charge in [0.15, 0.2) is 6.29 Å². The van der Waals surface area contributed by atoms with Gasteiger partial charge in [0.2, 0.25) is 5.91 Å². The second-order valence-corrected chi connectivity index (χ2v) is 7.06. The van der Waals surface area contributed by atoms with Crippen molar-refractivity contribution >= 4 is 5.91 Å². The zero-order valence-corrected chi connectivity index (χ0v) is 16.5. The number of rotatable bonds is 7. The molecule has 1 N–H and O–H groups in total. The first-order valence-electron chi connectivity index (χ1n) is 9.52. The Kier molecular flexibility index (Phi) is 6.88. The summed E-state index contributed by atoms with van der Waals surface area (Å²) in [7, 11) is 0. The quantitative estimate of drug-likeness (QED) is 0.688. The van der Waals surface area contributed by atoms with Crippen LogP contribution < -0.4 is 5.32 Å². The molecular formula is C20H23F3N4O3. The van der Waals surface area contributed by atoms with E-state index in [4.69, 9.17) is 9.47 Å². The number of amides is 1. The van der Waals surface area contributed by atoms with Gasteiger partial charge in [0.1, 0.15) is 5.69 Å². The Bertz CT molecular complexity index is 905. The third-order valence-corrected chi connectivity index (χ3v) is 4.59. The van der Waals surface area contributed by atoms with Gasteiger partial charge in [0, 0.05) is 18.7 Å². The van der Waals surface area contributed by atoms with E-state index in [1.165, 1.54) is 29.9 Å². The Balaban J connectivity index is 1.73. The molecule has 1 unspecified atom stereocenters. The molecule has 7 nitrogen and oxygen atoms in total. The molecule has 1 aromatic carbocycles. The van der Waals surface area contributed by atoms with Crippen molar-refractivity contribution in [3.63, 3.8) is 0 Å². The van der Waals surface area contributed by atoms with Crippen molar-refractivity contribution in [1.82, 2.24) is 20.3 Å². The first-order chi connectivity index (χ1) is 14.2. The Morgan fingerprint density at radius 3 is 2.87 bits per heavy atom. The van der Waals surface area contributed by atoms with Crippen molar-refractivity contribution in [2.45, 2.75) is 51.8 Å². The summed E-state index contributed by atoms with van der Waals surface area (Å²) in [5.74, 6) is -0.505. The lowest BCUT2D eigenvalue weighted by atomic mass is 10.1. The predicted octanol–water partition coefficient (Wildman–Crippen LogP) is 3.52. The van der Waals surface area contributed by atoms with Gasteiger partial charge in [0.05, 0.1) is 24.1 Å². The van der Waals surface area contributed by atoms with Crippen LogP contribution in [0, 0.1) is 0 Å². The minimum absolute atomic E-state index is 0.0565. The van der Waals surface area contributed by atoms with Gasteiger partial charge in [0.25, 0.3) is 0 Å². The molecule has 2 aromatic rings. The van der Waals surface area contributed by atoms with E-state index < -0.39 is 17.6 Å². The predicted molar refractivity (Wildman–Crippen MR) is 101 cm³/mol. The average molecular weight is 424 g/mol. The molecule has 0 spiro atoms. The highest BCUT2D eigenvalue weighted by Crippen LogP contribution is 2.33. The third kappa shape index (κ3) is 5.67. The molecule has 1 aliphatic heterocycles. The van der Waals surface area contributed by atoms with Crippen LogP contribution in [0.5, 0.6) is 0 Å². The van der Waals surface area contributed by atoms with E-state index in [-0.39, 0.29) is 36.3 Å². The SMILES string of the molecule is C=C(C)C(=O)NCc1ccc(-n2cc(COC3CCCCO3)nn2)cc1C(F)(F)F. The van der Waals surface area contributed by atoms with E-state index in [0.717, 1.165) is 25.3 Å². The maximum atomic E-state index is 13.5. The second kappa shape index (κ2) is 9.40. The van der Waals surface area contributed by atoms with Gasteiger partial charge in [-0.05, 0) is 43.9 Å². The fraction of sp³-hybridized carbons (Fsp3) is 0.450. The van der Waals surface area contributed by atoms with E-state index in [1.54, 1.807) is 0 Å². The van der Waals surface area contributed by atoms with Crippen LogP contribution in [-0.2, 0) is 33.6 Å². The van der Waals surface area contributed by atoms with Crippen LogP contribution in [0.3, 0.4) is 0 Å². The molecule has 10 heteroatoms. The van der Waals surface area contributed by atoms with Gasteiger partial charge >= 0.3 is 6.18 Å². The Morgan fingerprint density at radius 1 is 1.40 bits per heavy atom. The number of aromatic nitrogens is 3. The van der Waals surface area contributed by atoms with E-state index in [2.05, 4.69) is 22.2 Å².